The summed E-state index contributed by atoms with van der Waals surface area (Å²) >= 11 is 0. The quantitative estimate of drug-likeness (QED) is 0.501. The highest BCUT2D eigenvalue weighted by atomic mass is 14.2. The molecule has 0 amide bonds. The van der Waals surface area contributed by atoms with Gasteiger partial charge in [0, 0.05) is 0 Å². The molecule has 0 atom stereocenters. The van der Waals surface area contributed by atoms with Crippen molar-refractivity contribution in [2.45, 2.75) is 92.9 Å². The number of rotatable bonds is 4. The average Bonchev–Trinajstić information content (AvgIpc) is 2.62. The fourth-order valence-corrected chi connectivity index (χ4v) is 3.32. The van der Waals surface area contributed by atoms with Crippen LogP contribution in [0.25, 0.3) is 6.08 Å². The van der Waals surface area contributed by atoms with Crippen molar-refractivity contribution in [3.63, 3.8) is 0 Å². The van der Waals surface area contributed by atoms with Crippen LogP contribution in [0, 0.1) is 13.8 Å². The molecule has 0 aromatic heterocycles. The molecule has 2 aromatic carbocycles. The van der Waals surface area contributed by atoms with Gasteiger partial charge in [0.1, 0.15) is 0 Å². The van der Waals surface area contributed by atoms with Crippen LogP contribution in [-0.4, -0.2) is 0 Å². The lowest BCUT2D eigenvalue weighted by molar-refractivity contribution is 0.566. The third-order valence-electron chi connectivity index (χ3n) is 5.44. The first kappa shape index (κ1) is 24.2. The topological polar surface area (TPSA) is 0 Å². The molecule has 0 nitrogen and oxygen atoms in total. The number of hydrogen-bond acceptors (Lipinski definition) is 0. The number of aryl methyl sites for hydroxylation is 3. The lowest BCUT2D eigenvalue weighted by atomic mass is 9.79. The van der Waals surface area contributed by atoms with Gasteiger partial charge in [-0.2, -0.15) is 0 Å². The van der Waals surface area contributed by atoms with Gasteiger partial charge in [-0.05, 0) is 76.5 Å². The molecule has 0 aliphatic rings. The van der Waals surface area contributed by atoms with Gasteiger partial charge in [-0.25, -0.2) is 0 Å². The van der Waals surface area contributed by atoms with Crippen molar-refractivity contribution in [3.05, 3.63) is 75.9 Å². The summed E-state index contributed by atoms with van der Waals surface area (Å²) in [6.45, 7) is 26.2. The van der Waals surface area contributed by atoms with E-state index in [2.05, 4.69) is 92.3 Å². The Hall–Kier alpha value is -1.82. The Kier molecular flexibility index (Phi) is 8.30. The van der Waals surface area contributed by atoms with Gasteiger partial charge in [-0.1, -0.05) is 98.4 Å². The van der Waals surface area contributed by atoms with Crippen molar-refractivity contribution in [2.24, 2.45) is 0 Å². The van der Waals surface area contributed by atoms with Crippen LogP contribution in [0.4, 0.5) is 0 Å². The minimum Gasteiger partial charge on any atom is -0.0985 e. The zero-order valence-electron chi connectivity index (χ0n) is 20.1. The van der Waals surface area contributed by atoms with Crippen LogP contribution in [0.5, 0.6) is 0 Å². The molecule has 0 N–H and O–H groups in total. The van der Waals surface area contributed by atoms with Crippen LogP contribution in [0.15, 0.2) is 36.9 Å². The third kappa shape index (κ3) is 6.36. The second-order valence-electron chi connectivity index (χ2n) is 9.74. The molecule has 0 aliphatic heterocycles. The summed E-state index contributed by atoms with van der Waals surface area (Å²) in [6, 6.07) is 11.7. The number of hydrogen-bond donors (Lipinski definition) is 0. The van der Waals surface area contributed by atoms with E-state index in [0.29, 0.717) is 0 Å². The van der Waals surface area contributed by atoms with Crippen molar-refractivity contribution in [2.75, 3.05) is 0 Å². The predicted octanol–water partition coefficient (Wildman–Crippen LogP) is 8.35. The highest BCUT2D eigenvalue weighted by Crippen LogP contribution is 2.31. The summed E-state index contributed by atoms with van der Waals surface area (Å²) in [6.07, 6.45) is 4.10. The maximum Gasteiger partial charge on any atom is -0.0132 e. The van der Waals surface area contributed by atoms with E-state index < -0.39 is 0 Å². The van der Waals surface area contributed by atoms with Crippen LogP contribution in [0.1, 0.15) is 94.3 Å². The van der Waals surface area contributed by atoms with E-state index in [1.165, 1.54) is 38.9 Å². The molecule has 0 heterocycles. The molecule has 0 saturated carbocycles. The van der Waals surface area contributed by atoms with Crippen molar-refractivity contribution in [3.8, 4) is 0 Å². The molecule has 0 bridgehead atoms. The van der Waals surface area contributed by atoms with Crippen LogP contribution in [-0.2, 0) is 23.7 Å². The Labute approximate surface area is 175 Å². The van der Waals surface area contributed by atoms with E-state index in [4.69, 9.17) is 0 Å². The molecular formula is C28H42. The molecule has 28 heavy (non-hydrogen) atoms. The van der Waals surface area contributed by atoms with E-state index in [9.17, 15) is 0 Å². The van der Waals surface area contributed by atoms with Crippen molar-refractivity contribution >= 4 is 6.08 Å². The summed E-state index contributed by atoms with van der Waals surface area (Å²) in [5.74, 6) is 0. The van der Waals surface area contributed by atoms with Crippen molar-refractivity contribution in [1.82, 2.24) is 0 Å². The highest BCUT2D eigenvalue weighted by molar-refractivity contribution is 5.52. The maximum atomic E-state index is 3.94. The van der Waals surface area contributed by atoms with Crippen LogP contribution in [0.2, 0.25) is 0 Å². The Balaban J connectivity index is 0.00000190. The van der Waals surface area contributed by atoms with Crippen LogP contribution >= 0.6 is 0 Å². The van der Waals surface area contributed by atoms with E-state index in [0.717, 1.165) is 12.8 Å². The first-order chi connectivity index (χ1) is 12.9. The van der Waals surface area contributed by atoms with Gasteiger partial charge in [-0.15, -0.1) is 0 Å². The van der Waals surface area contributed by atoms with Crippen molar-refractivity contribution < 1.29 is 0 Å². The summed E-state index contributed by atoms with van der Waals surface area (Å²) < 4.78 is 0. The third-order valence-corrected chi connectivity index (χ3v) is 5.44. The van der Waals surface area contributed by atoms with Gasteiger partial charge < -0.3 is 0 Å². The Morgan fingerprint density at radius 2 is 1.25 bits per heavy atom. The summed E-state index contributed by atoms with van der Waals surface area (Å²) in [4.78, 5) is 0. The normalized spacial score (nSPS) is 11.6. The van der Waals surface area contributed by atoms with E-state index in [1.807, 2.05) is 19.9 Å². The number of benzene rings is 2. The molecule has 2 rings (SSSR count). The van der Waals surface area contributed by atoms with Gasteiger partial charge in [0.15, 0.2) is 0 Å². The van der Waals surface area contributed by atoms with Crippen LogP contribution in [0.3, 0.4) is 0 Å². The first-order valence-corrected chi connectivity index (χ1v) is 10.8. The molecule has 0 radical (unpaired) electrons. The molecular weight excluding hydrogens is 336 g/mol. The Bertz CT molecular complexity index is 760. The second kappa shape index (κ2) is 9.59. The zero-order valence-corrected chi connectivity index (χ0v) is 20.1. The Morgan fingerprint density at radius 3 is 1.68 bits per heavy atom. The summed E-state index contributed by atoms with van der Waals surface area (Å²) in [5, 5.41) is 0. The summed E-state index contributed by atoms with van der Waals surface area (Å²) in [5.41, 5.74) is 10.1. The smallest absolute Gasteiger partial charge is 0.0132 e. The standard InChI is InChI=1S/C26H36.C2H6/c1-10-20-13-18(2)19(3)22(14-20)12-11-21-15-23(25(4,5)6)17-24(16-21)26(7,8)9;1-2/h10,13-17H,1,11-12H2,2-9H3;1-2H3. The fraction of sp³-hybridized carbons (Fsp3) is 0.500. The lowest BCUT2D eigenvalue weighted by Crippen LogP contribution is -2.17. The SMILES string of the molecule is C=Cc1cc(C)c(C)c(CCc2cc(C(C)(C)C)cc(C(C)(C)C)c2)c1.CC. The largest absolute Gasteiger partial charge is 0.0985 e. The predicted molar refractivity (Wildman–Crippen MR) is 129 cm³/mol. The summed E-state index contributed by atoms with van der Waals surface area (Å²) in [7, 11) is 0. The average molecular weight is 379 g/mol. The molecule has 0 aliphatic carbocycles. The molecule has 0 saturated heterocycles. The molecule has 2 aromatic rings. The first-order valence-electron chi connectivity index (χ1n) is 10.8. The Morgan fingerprint density at radius 1 is 0.750 bits per heavy atom. The van der Waals surface area contributed by atoms with E-state index in [1.54, 1.807) is 0 Å². The van der Waals surface area contributed by atoms with E-state index in [-0.39, 0.29) is 10.8 Å². The minimum atomic E-state index is 0.172. The maximum absolute atomic E-state index is 3.94. The van der Waals surface area contributed by atoms with Crippen molar-refractivity contribution in [1.29, 1.82) is 0 Å². The second-order valence-corrected chi connectivity index (χ2v) is 9.74. The fourth-order valence-electron chi connectivity index (χ4n) is 3.32. The molecule has 0 heteroatoms. The van der Waals surface area contributed by atoms with Gasteiger partial charge in [0.2, 0.25) is 0 Å². The lowest BCUT2D eigenvalue weighted by Gasteiger charge is -2.26. The monoisotopic (exact) mass is 378 g/mol. The van der Waals surface area contributed by atoms with Gasteiger partial charge >= 0.3 is 0 Å². The van der Waals surface area contributed by atoms with Gasteiger partial charge in [-0.3, -0.25) is 0 Å². The highest BCUT2D eigenvalue weighted by Gasteiger charge is 2.20. The van der Waals surface area contributed by atoms with Gasteiger partial charge in [0.05, 0.1) is 0 Å². The minimum absolute atomic E-state index is 0.172. The molecule has 0 unspecified atom stereocenters. The molecule has 0 spiro atoms. The molecule has 0 fully saturated rings. The van der Waals surface area contributed by atoms with Gasteiger partial charge in [0.25, 0.3) is 0 Å². The zero-order chi connectivity index (χ0) is 21.7. The van der Waals surface area contributed by atoms with Crippen LogP contribution < -0.4 is 0 Å². The molecule has 154 valence electrons. The van der Waals surface area contributed by atoms with E-state index >= 15 is 0 Å².